The summed E-state index contributed by atoms with van der Waals surface area (Å²) in [6.07, 6.45) is 3.36. The predicted octanol–water partition coefficient (Wildman–Crippen LogP) is 2.69. The third-order valence-corrected chi connectivity index (χ3v) is 1.99. The zero-order valence-corrected chi connectivity index (χ0v) is 8.75. The van der Waals surface area contributed by atoms with E-state index in [1.165, 1.54) is 6.20 Å². The van der Waals surface area contributed by atoms with Crippen molar-refractivity contribution in [2.24, 2.45) is 0 Å². The zero-order valence-electron chi connectivity index (χ0n) is 8.00. The smallest absolute Gasteiger partial charge is 0.358 e. The van der Waals surface area contributed by atoms with E-state index in [1.54, 1.807) is 12.1 Å². The lowest BCUT2D eigenvalue weighted by Gasteiger charge is -2.03. The van der Waals surface area contributed by atoms with Crippen LogP contribution in [0, 0.1) is 0 Å². The Kier molecular flexibility index (Phi) is 4.40. The first-order valence-corrected chi connectivity index (χ1v) is 4.91. The molecule has 0 N–H and O–H groups in total. The van der Waals surface area contributed by atoms with Crippen molar-refractivity contribution in [2.75, 3.05) is 6.61 Å². The quantitative estimate of drug-likeness (QED) is 0.570. The van der Waals surface area contributed by atoms with Crippen molar-refractivity contribution in [1.29, 1.82) is 0 Å². The van der Waals surface area contributed by atoms with Crippen LogP contribution in [-0.2, 0) is 4.74 Å². The third kappa shape index (κ3) is 3.00. The van der Waals surface area contributed by atoms with Crippen LogP contribution < -0.4 is 0 Å². The van der Waals surface area contributed by atoms with Crippen molar-refractivity contribution < 1.29 is 9.53 Å². The number of unbranched alkanes of at least 4 members (excludes halogenated alkanes) is 1. The molecule has 1 aromatic heterocycles. The van der Waals surface area contributed by atoms with Gasteiger partial charge in [-0.25, -0.2) is 9.78 Å². The molecule has 0 aliphatic rings. The van der Waals surface area contributed by atoms with Crippen molar-refractivity contribution in [3.05, 3.63) is 29.0 Å². The number of pyridine rings is 1. The number of ether oxygens (including phenoxy) is 1. The molecule has 0 aliphatic carbocycles. The summed E-state index contributed by atoms with van der Waals surface area (Å²) in [6, 6.07) is 3.29. The van der Waals surface area contributed by atoms with Gasteiger partial charge in [-0.2, -0.15) is 0 Å². The van der Waals surface area contributed by atoms with Crippen LogP contribution in [0.25, 0.3) is 0 Å². The van der Waals surface area contributed by atoms with E-state index >= 15 is 0 Å². The Hall–Kier alpha value is -1.09. The topological polar surface area (TPSA) is 39.2 Å². The summed E-state index contributed by atoms with van der Waals surface area (Å²) in [7, 11) is 0. The Balaban J connectivity index is 2.56. The van der Waals surface area contributed by atoms with Gasteiger partial charge in [-0.15, -0.1) is 0 Å². The summed E-state index contributed by atoms with van der Waals surface area (Å²) in [5, 5.41) is 0.328. The van der Waals surface area contributed by atoms with Gasteiger partial charge in [-0.05, 0) is 18.6 Å². The molecule has 1 aromatic rings. The Labute approximate surface area is 88.1 Å². The first kappa shape index (κ1) is 11.0. The molecule has 1 heterocycles. The van der Waals surface area contributed by atoms with E-state index in [-0.39, 0.29) is 5.69 Å². The minimum Gasteiger partial charge on any atom is -0.461 e. The highest BCUT2D eigenvalue weighted by Crippen LogP contribution is 2.13. The minimum atomic E-state index is -0.455. The van der Waals surface area contributed by atoms with Crippen molar-refractivity contribution in [3.8, 4) is 0 Å². The van der Waals surface area contributed by atoms with Crippen LogP contribution in [0.2, 0.25) is 5.02 Å². The Morgan fingerprint density at radius 1 is 1.64 bits per heavy atom. The highest BCUT2D eigenvalue weighted by Gasteiger charge is 2.11. The highest BCUT2D eigenvalue weighted by atomic mass is 35.5. The lowest BCUT2D eigenvalue weighted by atomic mass is 10.3. The maximum absolute atomic E-state index is 11.4. The van der Waals surface area contributed by atoms with Gasteiger partial charge in [0.15, 0.2) is 5.69 Å². The van der Waals surface area contributed by atoms with Gasteiger partial charge in [-0.3, -0.25) is 0 Å². The fourth-order valence-electron chi connectivity index (χ4n) is 0.913. The summed E-state index contributed by atoms with van der Waals surface area (Å²) < 4.78 is 4.96. The summed E-state index contributed by atoms with van der Waals surface area (Å²) >= 11 is 5.77. The minimum absolute atomic E-state index is 0.185. The van der Waals surface area contributed by atoms with Crippen LogP contribution in [0.3, 0.4) is 0 Å². The summed E-state index contributed by atoms with van der Waals surface area (Å²) in [5.74, 6) is -0.455. The summed E-state index contributed by atoms with van der Waals surface area (Å²) in [6.45, 7) is 2.45. The molecular weight excluding hydrogens is 202 g/mol. The van der Waals surface area contributed by atoms with Gasteiger partial charge in [0.05, 0.1) is 11.6 Å². The molecule has 0 aliphatic heterocycles. The van der Waals surface area contributed by atoms with E-state index in [0.29, 0.717) is 11.6 Å². The Morgan fingerprint density at radius 2 is 2.43 bits per heavy atom. The second-order valence-electron chi connectivity index (χ2n) is 2.82. The molecule has 0 radical (unpaired) electrons. The largest absolute Gasteiger partial charge is 0.461 e. The highest BCUT2D eigenvalue weighted by molar-refractivity contribution is 6.33. The van der Waals surface area contributed by atoms with Gasteiger partial charge in [0, 0.05) is 6.20 Å². The lowest BCUT2D eigenvalue weighted by molar-refractivity contribution is 0.0493. The standard InChI is InChI=1S/C10H12ClNO2/c1-2-3-7-14-10(13)9-8(11)5-4-6-12-9/h4-6H,2-3,7H2,1H3. The van der Waals surface area contributed by atoms with Crippen LogP contribution in [0.1, 0.15) is 30.3 Å². The number of halogens is 1. The van der Waals surface area contributed by atoms with Crippen molar-refractivity contribution in [1.82, 2.24) is 4.98 Å². The normalized spacial score (nSPS) is 9.86. The molecule has 0 atom stereocenters. The maximum atomic E-state index is 11.4. The van der Waals surface area contributed by atoms with Gasteiger partial charge >= 0.3 is 5.97 Å². The zero-order chi connectivity index (χ0) is 10.4. The number of hydrogen-bond acceptors (Lipinski definition) is 3. The van der Waals surface area contributed by atoms with Gasteiger partial charge in [-0.1, -0.05) is 24.9 Å². The molecule has 0 bridgehead atoms. The summed E-state index contributed by atoms with van der Waals surface area (Å²) in [4.78, 5) is 15.2. The molecule has 0 saturated carbocycles. The number of carbonyl (C=O) groups excluding carboxylic acids is 1. The second kappa shape index (κ2) is 5.60. The summed E-state index contributed by atoms with van der Waals surface area (Å²) in [5.41, 5.74) is 0.185. The van der Waals surface area contributed by atoms with E-state index in [9.17, 15) is 4.79 Å². The molecule has 0 spiro atoms. The average Bonchev–Trinajstić information content (AvgIpc) is 2.18. The molecule has 14 heavy (non-hydrogen) atoms. The molecule has 0 aromatic carbocycles. The van der Waals surface area contributed by atoms with E-state index in [2.05, 4.69) is 4.98 Å². The lowest BCUT2D eigenvalue weighted by Crippen LogP contribution is -2.08. The van der Waals surface area contributed by atoms with Crippen LogP contribution in [0.5, 0.6) is 0 Å². The molecule has 0 fully saturated rings. The molecule has 1 rings (SSSR count). The molecular formula is C10H12ClNO2. The molecule has 0 unspecified atom stereocenters. The Bertz CT molecular complexity index is 315. The maximum Gasteiger partial charge on any atom is 0.358 e. The van der Waals surface area contributed by atoms with Gasteiger partial charge in [0.2, 0.25) is 0 Å². The second-order valence-corrected chi connectivity index (χ2v) is 3.23. The number of aromatic nitrogens is 1. The van der Waals surface area contributed by atoms with Gasteiger partial charge < -0.3 is 4.74 Å². The van der Waals surface area contributed by atoms with Crippen molar-refractivity contribution >= 4 is 17.6 Å². The van der Waals surface area contributed by atoms with E-state index in [1.807, 2.05) is 6.92 Å². The first-order chi connectivity index (χ1) is 6.75. The van der Waals surface area contributed by atoms with E-state index in [0.717, 1.165) is 12.8 Å². The Morgan fingerprint density at radius 3 is 3.07 bits per heavy atom. The third-order valence-electron chi connectivity index (χ3n) is 1.68. The van der Waals surface area contributed by atoms with Crippen LogP contribution in [0.15, 0.2) is 18.3 Å². The van der Waals surface area contributed by atoms with Crippen LogP contribution in [-0.4, -0.2) is 17.6 Å². The molecule has 3 nitrogen and oxygen atoms in total. The fraction of sp³-hybridized carbons (Fsp3) is 0.400. The molecule has 76 valence electrons. The SMILES string of the molecule is CCCCOC(=O)c1ncccc1Cl. The predicted molar refractivity (Wildman–Crippen MR) is 54.4 cm³/mol. The van der Waals surface area contributed by atoms with E-state index < -0.39 is 5.97 Å². The average molecular weight is 214 g/mol. The number of esters is 1. The van der Waals surface area contributed by atoms with Crippen LogP contribution in [0.4, 0.5) is 0 Å². The molecule has 0 amide bonds. The first-order valence-electron chi connectivity index (χ1n) is 4.53. The number of rotatable bonds is 4. The van der Waals surface area contributed by atoms with Crippen molar-refractivity contribution in [3.63, 3.8) is 0 Å². The van der Waals surface area contributed by atoms with Gasteiger partial charge in [0.1, 0.15) is 0 Å². The number of nitrogens with zero attached hydrogens (tertiary/aromatic N) is 1. The number of hydrogen-bond donors (Lipinski definition) is 0. The number of carbonyl (C=O) groups is 1. The molecule has 4 heteroatoms. The molecule has 0 saturated heterocycles. The van der Waals surface area contributed by atoms with Crippen LogP contribution >= 0.6 is 11.6 Å². The van der Waals surface area contributed by atoms with Gasteiger partial charge in [0.25, 0.3) is 0 Å². The van der Waals surface area contributed by atoms with Crippen molar-refractivity contribution in [2.45, 2.75) is 19.8 Å². The monoisotopic (exact) mass is 213 g/mol. The van der Waals surface area contributed by atoms with E-state index in [4.69, 9.17) is 16.3 Å². The fourth-order valence-corrected chi connectivity index (χ4v) is 1.11.